The summed E-state index contributed by atoms with van der Waals surface area (Å²) in [5.41, 5.74) is 6.96. The maximum absolute atomic E-state index is 14.9. The van der Waals surface area contributed by atoms with Gasteiger partial charge in [-0.15, -0.1) is 0 Å². The van der Waals surface area contributed by atoms with Crippen molar-refractivity contribution in [2.75, 3.05) is 10.6 Å². The van der Waals surface area contributed by atoms with Gasteiger partial charge in [-0.05, 0) is 48.9 Å². The van der Waals surface area contributed by atoms with Gasteiger partial charge in [-0.25, -0.2) is 4.39 Å². The monoisotopic (exact) mass is 647 g/mol. The number of carbonyl (C=O) groups is 2. The summed E-state index contributed by atoms with van der Waals surface area (Å²) in [7, 11) is -0.466. The number of hydrogen-bond acceptors (Lipinski definition) is 5. The van der Waals surface area contributed by atoms with Crippen molar-refractivity contribution < 1.29 is 18.5 Å². The number of nitrogens with two attached hydrogens (primary N) is 1. The zero-order chi connectivity index (χ0) is 28.6. The van der Waals surface area contributed by atoms with Gasteiger partial charge in [-0.1, -0.05) is 71.0 Å². The first-order chi connectivity index (χ1) is 18.4. The molecule has 0 spiro atoms. The number of halogens is 6. The standard InChI is InChI=1S/C26H20Cl5FN3O3P/c1-12-23(25(37)35(11-36)16-6-13(27)5-14(28)7-16)22(10-17-19(30)3-2-4-21(17)32)34-26(12,39-38)18-8-15(29)9-20(31)24(18)33/h2-9,11-12,22-23,34H,10,33H2,1H3. The van der Waals surface area contributed by atoms with Crippen LogP contribution < -0.4 is 16.0 Å². The second-order valence-electron chi connectivity index (χ2n) is 9.12. The van der Waals surface area contributed by atoms with E-state index >= 15 is 0 Å². The Labute approximate surface area is 250 Å². The van der Waals surface area contributed by atoms with Crippen molar-refractivity contribution >= 4 is 90.2 Å². The number of nitrogens with zero attached hydrogens (tertiary/aromatic N) is 1. The molecule has 204 valence electrons. The quantitative estimate of drug-likeness (QED) is 0.155. The van der Waals surface area contributed by atoms with Gasteiger partial charge in [0.2, 0.25) is 12.3 Å². The molecule has 0 bridgehead atoms. The Morgan fingerprint density at radius 3 is 2.31 bits per heavy atom. The zero-order valence-electron chi connectivity index (χ0n) is 20.1. The molecule has 3 aromatic rings. The highest BCUT2D eigenvalue weighted by atomic mass is 35.5. The average molecular weight is 650 g/mol. The molecule has 4 atom stereocenters. The van der Waals surface area contributed by atoms with Crippen molar-refractivity contribution in [3.05, 3.63) is 90.6 Å². The van der Waals surface area contributed by atoms with Gasteiger partial charge in [0.25, 0.3) is 0 Å². The van der Waals surface area contributed by atoms with E-state index in [1.807, 2.05) is 0 Å². The molecule has 0 aliphatic carbocycles. The molecule has 1 aliphatic rings. The lowest BCUT2D eigenvalue weighted by atomic mass is 9.82. The van der Waals surface area contributed by atoms with Crippen molar-refractivity contribution in [3.63, 3.8) is 0 Å². The molecule has 39 heavy (non-hydrogen) atoms. The highest BCUT2D eigenvalue weighted by Crippen LogP contribution is 2.53. The largest absolute Gasteiger partial charge is 0.397 e. The summed E-state index contributed by atoms with van der Waals surface area (Å²) < 4.78 is 27.8. The predicted octanol–water partition coefficient (Wildman–Crippen LogP) is 7.78. The Balaban J connectivity index is 1.88. The second-order valence-corrected chi connectivity index (χ2v) is 12.1. The van der Waals surface area contributed by atoms with Gasteiger partial charge in [-0.2, -0.15) is 0 Å². The number of anilines is 2. The fourth-order valence-corrected chi connectivity index (χ4v) is 7.16. The third-order valence-electron chi connectivity index (χ3n) is 6.92. The molecule has 1 saturated heterocycles. The topological polar surface area (TPSA) is 92.5 Å². The molecule has 1 heterocycles. The minimum atomic E-state index is -1.48. The van der Waals surface area contributed by atoms with Crippen LogP contribution in [0.4, 0.5) is 15.8 Å². The lowest BCUT2D eigenvalue weighted by molar-refractivity contribution is -0.126. The number of nitrogen functional groups attached to an aromatic ring is 1. The van der Waals surface area contributed by atoms with Crippen LogP contribution in [0, 0.1) is 17.7 Å². The first-order valence-corrected chi connectivity index (χ1v) is 14.2. The van der Waals surface area contributed by atoms with Gasteiger partial charge in [0, 0.05) is 43.2 Å². The SMILES string of the molecule is CC1C(C(=O)N(C=O)c2cc(Cl)cc(Cl)c2)C(Cc2c(F)cccc2Cl)NC1(P=O)c1cc(Cl)cc(Cl)c1N. The van der Waals surface area contributed by atoms with E-state index in [0.29, 0.717) is 6.41 Å². The van der Waals surface area contributed by atoms with Crippen LogP contribution in [0.3, 0.4) is 0 Å². The minimum absolute atomic E-state index is 0.0826. The van der Waals surface area contributed by atoms with Crippen LogP contribution in [0.25, 0.3) is 0 Å². The number of carbonyl (C=O) groups excluding carboxylic acids is 2. The van der Waals surface area contributed by atoms with Crippen LogP contribution in [-0.2, 0) is 25.9 Å². The Hall–Kier alpha value is -1.96. The Morgan fingerprint density at radius 1 is 1.08 bits per heavy atom. The van der Waals surface area contributed by atoms with E-state index in [0.717, 1.165) is 4.90 Å². The third kappa shape index (κ3) is 5.64. The zero-order valence-corrected chi connectivity index (χ0v) is 24.8. The molecular weight excluding hydrogens is 630 g/mol. The molecule has 1 aliphatic heterocycles. The van der Waals surface area contributed by atoms with E-state index < -0.39 is 43.3 Å². The highest BCUT2D eigenvalue weighted by Gasteiger charge is 2.57. The van der Waals surface area contributed by atoms with Gasteiger partial charge in [0.15, 0.2) is 8.46 Å². The van der Waals surface area contributed by atoms with Crippen molar-refractivity contribution in [3.8, 4) is 0 Å². The van der Waals surface area contributed by atoms with Gasteiger partial charge in [0.1, 0.15) is 11.1 Å². The summed E-state index contributed by atoms with van der Waals surface area (Å²) in [6.45, 7) is 1.67. The lowest BCUT2D eigenvalue weighted by Gasteiger charge is -2.31. The number of benzene rings is 3. The van der Waals surface area contributed by atoms with Crippen molar-refractivity contribution in [1.29, 1.82) is 0 Å². The summed E-state index contributed by atoms with van der Waals surface area (Å²) in [5, 5.41) is 2.67. The molecule has 4 rings (SSSR count). The van der Waals surface area contributed by atoms with Gasteiger partial charge in [-0.3, -0.25) is 24.4 Å². The van der Waals surface area contributed by atoms with E-state index in [2.05, 4.69) is 5.32 Å². The molecule has 3 N–H and O–H groups in total. The van der Waals surface area contributed by atoms with Crippen molar-refractivity contribution in [2.24, 2.45) is 11.8 Å². The lowest BCUT2D eigenvalue weighted by Crippen LogP contribution is -2.43. The number of rotatable bonds is 7. The fraction of sp³-hybridized carbons (Fsp3) is 0.231. The molecule has 0 radical (unpaired) electrons. The number of nitrogens with one attached hydrogen (secondary N) is 1. The summed E-state index contributed by atoms with van der Waals surface area (Å²) in [6.07, 6.45) is 0.254. The van der Waals surface area contributed by atoms with E-state index in [-0.39, 0.29) is 54.0 Å². The normalized spacial score (nSPS) is 22.7. The van der Waals surface area contributed by atoms with E-state index in [9.17, 15) is 18.5 Å². The van der Waals surface area contributed by atoms with Crippen molar-refractivity contribution in [2.45, 2.75) is 24.7 Å². The summed E-state index contributed by atoms with van der Waals surface area (Å²) in [5.74, 6) is -3.08. The third-order valence-corrected chi connectivity index (χ3v) is 9.31. The van der Waals surface area contributed by atoms with E-state index in [4.69, 9.17) is 63.7 Å². The Bertz CT molecular complexity index is 1440. The van der Waals surface area contributed by atoms with Crippen LogP contribution >= 0.6 is 66.5 Å². The highest BCUT2D eigenvalue weighted by molar-refractivity contribution is 7.25. The Morgan fingerprint density at radius 2 is 1.72 bits per heavy atom. The molecule has 3 aromatic carbocycles. The Kier molecular flexibility index (Phi) is 9.14. The fourth-order valence-electron chi connectivity index (χ4n) is 5.08. The smallest absolute Gasteiger partial charge is 0.238 e. The van der Waals surface area contributed by atoms with Crippen LogP contribution in [0.2, 0.25) is 25.1 Å². The van der Waals surface area contributed by atoms with Gasteiger partial charge >= 0.3 is 0 Å². The first kappa shape index (κ1) is 30.0. The van der Waals surface area contributed by atoms with Crippen LogP contribution in [-0.4, -0.2) is 18.4 Å². The molecule has 2 amide bonds. The van der Waals surface area contributed by atoms with Crippen molar-refractivity contribution in [1.82, 2.24) is 5.32 Å². The molecule has 4 unspecified atom stereocenters. The van der Waals surface area contributed by atoms with E-state index in [1.165, 1.54) is 48.5 Å². The summed E-state index contributed by atoms with van der Waals surface area (Å²) in [6, 6.07) is 10.6. The summed E-state index contributed by atoms with van der Waals surface area (Å²) in [4.78, 5) is 27.2. The molecule has 0 saturated carbocycles. The van der Waals surface area contributed by atoms with E-state index in [1.54, 1.807) is 6.92 Å². The molecule has 13 heteroatoms. The van der Waals surface area contributed by atoms with Crippen LogP contribution in [0.1, 0.15) is 18.1 Å². The number of hydrogen-bond donors (Lipinski definition) is 2. The second kappa shape index (κ2) is 11.9. The molecule has 0 aromatic heterocycles. The summed E-state index contributed by atoms with van der Waals surface area (Å²) >= 11 is 31.1. The number of amides is 2. The van der Waals surface area contributed by atoms with Crippen LogP contribution in [0.5, 0.6) is 0 Å². The predicted molar refractivity (Wildman–Crippen MR) is 155 cm³/mol. The maximum Gasteiger partial charge on any atom is 0.238 e. The maximum atomic E-state index is 14.9. The first-order valence-electron chi connectivity index (χ1n) is 11.5. The minimum Gasteiger partial charge on any atom is -0.397 e. The molecule has 1 fully saturated rings. The molecule has 6 nitrogen and oxygen atoms in total. The van der Waals surface area contributed by atoms with Gasteiger partial charge < -0.3 is 5.73 Å². The van der Waals surface area contributed by atoms with Crippen LogP contribution in [0.15, 0.2) is 48.5 Å². The average Bonchev–Trinajstić information content (AvgIpc) is 3.15. The number of imide groups is 1. The van der Waals surface area contributed by atoms with Gasteiger partial charge in [0.05, 0.1) is 22.3 Å². The molecular formula is C26H20Cl5FN3O3P.